The number of aryl methyl sites for hydroxylation is 1. The Morgan fingerprint density at radius 2 is 1.89 bits per heavy atom. The number of hydrogen-bond donors (Lipinski definition) is 0. The highest BCUT2D eigenvalue weighted by atomic mass is 16.5. The summed E-state index contributed by atoms with van der Waals surface area (Å²) in [5.41, 5.74) is 2.27. The van der Waals surface area contributed by atoms with Crippen molar-refractivity contribution in [2.75, 3.05) is 25.6 Å². The zero-order valence-corrected chi connectivity index (χ0v) is 11.6. The largest absolute Gasteiger partial charge is 0.497 e. The van der Waals surface area contributed by atoms with E-state index in [0.717, 1.165) is 30.4 Å². The number of methoxy groups -OCH3 is 1. The first-order chi connectivity index (χ1) is 9.19. The molecule has 0 radical (unpaired) electrons. The molecule has 19 heavy (non-hydrogen) atoms. The Hall–Kier alpha value is -2.10. The van der Waals surface area contributed by atoms with Gasteiger partial charge < -0.3 is 9.64 Å². The molecule has 2 rings (SSSR count). The minimum Gasteiger partial charge on any atom is -0.497 e. The third-order valence-electron chi connectivity index (χ3n) is 3.02. The van der Waals surface area contributed by atoms with Crippen LogP contribution in [0.25, 0.3) is 0 Å². The number of rotatable bonds is 5. The van der Waals surface area contributed by atoms with Crippen LogP contribution in [0.3, 0.4) is 0 Å². The summed E-state index contributed by atoms with van der Waals surface area (Å²) in [5.74, 6) is 1.66. The van der Waals surface area contributed by atoms with E-state index in [0.29, 0.717) is 0 Å². The molecule has 4 heteroatoms. The van der Waals surface area contributed by atoms with Gasteiger partial charge in [-0.2, -0.15) is 0 Å². The summed E-state index contributed by atoms with van der Waals surface area (Å²) < 4.78 is 5.15. The fourth-order valence-corrected chi connectivity index (χ4v) is 1.81. The lowest BCUT2D eigenvalue weighted by Crippen LogP contribution is -2.22. The Bertz CT molecular complexity index is 525. The van der Waals surface area contributed by atoms with Gasteiger partial charge in [-0.1, -0.05) is 12.1 Å². The number of aromatic nitrogens is 2. The van der Waals surface area contributed by atoms with Crippen LogP contribution in [0, 0.1) is 6.92 Å². The first-order valence-corrected chi connectivity index (χ1v) is 6.33. The molecule has 0 aliphatic rings. The van der Waals surface area contributed by atoms with Crippen LogP contribution in [0.1, 0.15) is 11.3 Å². The third kappa shape index (κ3) is 3.68. The summed E-state index contributed by atoms with van der Waals surface area (Å²) >= 11 is 0. The summed E-state index contributed by atoms with van der Waals surface area (Å²) in [7, 11) is 3.69. The van der Waals surface area contributed by atoms with Crippen LogP contribution < -0.4 is 9.64 Å². The van der Waals surface area contributed by atoms with E-state index in [2.05, 4.69) is 27.0 Å². The van der Waals surface area contributed by atoms with Crippen molar-refractivity contribution in [2.45, 2.75) is 13.3 Å². The highest BCUT2D eigenvalue weighted by Crippen LogP contribution is 2.12. The van der Waals surface area contributed by atoms with Gasteiger partial charge in [-0.05, 0) is 37.1 Å². The quantitative estimate of drug-likeness (QED) is 0.824. The summed E-state index contributed by atoms with van der Waals surface area (Å²) in [6.07, 6.45) is 2.75. The van der Waals surface area contributed by atoms with Crippen LogP contribution in [0.5, 0.6) is 5.75 Å². The molecular weight excluding hydrogens is 238 g/mol. The molecule has 0 amide bonds. The van der Waals surface area contributed by atoms with Crippen molar-refractivity contribution in [3.05, 3.63) is 47.8 Å². The average molecular weight is 257 g/mol. The van der Waals surface area contributed by atoms with Gasteiger partial charge in [0.2, 0.25) is 5.95 Å². The number of anilines is 1. The van der Waals surface area contributed by atoms with E-state index in [9.17, 15) is 0 Å². The topological polar surface area (TPSA) is 38.2 Å². The standard InChI is InChI=1S/C15H19N3O/c1-12-8-10-16-15(17-12)18(2)11-9-13-4-6-14(19-3)7-5-13/h4-8,10H,9,11H2,1-3H3. The maximum absolute atomic E-state index is 5.15. The lowest BCUT2D eigenvalue weighted by molar-refractivity contribution is 0.414. The van der Waals surface area contributed by atoms with Crippen molar-refractivity contribution in [2.24, 2.45) is 0 Å². The van der Waals surface area contributed by atoms with Crippen LogP contribution in [0.15, 0.2) is 36.5 Å². The van der Waals surface area contributed by atoms with Crippen LogP contribution in [0.4, 0.5) is 5.95 Å². The minimum atomic E-state index is 0.772. The van der Waals surface area contributed by atoms with Crippen LogP contribution in [0.2, 0.25) is 0 Å². The summed E-state index contributed by atoms with van der Waals surface area (Å²) in [4.78, 5) is 10.7. The Kier molecular flexibility index (Phi) is 4.34. The highest BCUT2D eigenvalue weighted by molar-refractivity contribution is 5.31. The number of likely N-dealkylation sites (N-methyl/N-ethyl adjacent to an activating group) is 1. The molecular formula is C15H19N3O. The van der Waals surface area contributed by atoms with Gasteiger partial charge in [0.15, 0.2) is 0 Å². The Morgan fingerprint density at radius 1 is 1.16 bits per heavy atom. The van der Waals surface area contributed by atoms with Gasteiger partial charge in [-0.25, -0.2) is 9.97 Å². The van der Waals surface area contributed by atoms with Crippen molar-refractivity contribution in [3.63, 3.8) is 0 Å². The molecule has 1 aromatic carbocycles. The fourth-order valence-electron chi connectivity index (χ4n) is 1.81. The number of benzene rings is 1. The molecule has 4 nitrogen and oxygen atoms in total. The molecule has 0 bridgehead atoms. The maximum atomic E-state index is 5.15. The summed E-state index contributed by atoms with van der Waals surface area (Å²) in [5, 5.41) is 0. The monoisotopic (exact) mass is 257 g/mol. The van der Waals surface area contributed by atoms with E-state index in [4.69, 9.17) is 4.74 Å². The van der Waals surface area contributed by atoms with E-state index in [1.54, 1.807) is 13.3 Å². The van der Waals surface area contributed by atoms with Crippen LogP contribution in [-0.2, 0) is 6.42 Å². The van der Waals surface area contributed by atoms with Crippen molar-refractivity contribution >= 4 is 5.95 Å². The van der Waals surface area contributed by atoms with Crippen molar-refractivity contribution in [1.82, 2.24) is 9.97 Å². The van der Waals surface area contributed by atoms with Gasteiger partial charge >= 0.3 is 0 Å². The fraction of sp³-hybridized carbons (Fsp3) is 0.333. The van der Waals surface area contributed by atoms with E-state index in [-0.39, 0.29) is 0 Å². The van der Waals surface area contributed by atoms with Crippen LogP contribution in [-0.4, -0.2) is 30.7 Å². The first-order valence-electron chi connectivity index (χ1n) is 6.33. The molecule has 2 aromatic rings. The van der Waals surface area contributed by atoms with Crippen molar-refractivity contribution in [3.8, 4) is 5.75 Å². The van der Waals surface area contributed by atoms with Crippen molar-refractivity contribution < 1.29 is 4.74 Å². The van der Waals surface area contributed by atoms with E-state index in [1.807, 2.05) is 32.2 Å². The van der Waals surface area contributed by atoms with Gasteiger partial charge in [0.05, 0.1) is 7.11 Å². The lowest BCUT2D eigenvalue weighted by Gasteiger charge is -2.17. The molecule has 1 heterocycles. The molecule has 1 aromatic heterocycles. The molecule has 0 aliphatic heterocycles. The zero-order chi connectivity index (χ0) is 13.7. The van der Waals surface area contributed by atoms with Gasteiger partial charge in [0.25, 0.3) is 0 Å². The van der Waals surface area contributed by atoms with E-state index in [1.165, 1.54) is 5.56 Å². The number of nitrogens with zero attached hydrogens (tertiary/aromatic N) is 3. The first kappa shape index (κ1) is 13.3. The summed E-state index contributed by atoms with van der Waals surface area (Å²) in [6.45, 7) is 2.86. The molecule has 0 fully saturated rings. The van der Waals surface area contributed by atoms with Crippen molar-refractivity contribution in [1.29, 1.82) is 0 Å². The van der Waals surface area contributed by atoms with E-state index < -0.39 is 0 Å². The molecule has 0 saturated heterocycles. The highest BCUT2D eigenvalue weighted by Gasteiger charge is 2.04. The zero-order valence-electron chi connectivity index (χ0n) is 11.6. The van der Waals surface area contributed by atoms with Crippen LogP contribution >= 0.6 is 0 Å². The maximum Gasteiger partial charge on any atom is 0.225 e. The van der Waals surface area contributed by atoms with E-state index >= 15 is 0 Å². The Balaban J connectivity index is 1.94. The molecule has 0 atom stereocenters. The number of ether oxygens (including phenoxy) is 1. The molecule has 100 valence electrons. The molecule has 0 aliphatic carbocycles. The summed E-state index contributed by atoms with van der Waals surface area (Å²) in [6, 6.07) is 10.0. The van der Waals surface area contributed by atoms with Gasteiger partial charge in [-0.3, -0.25) is 0 Å². The second-order valence-electron chi connectivity index (χ2n) is 4.52. The van der Waals surface area contributed by atoms with Gasteiger partial charge in [0, 0.05) is 25.5 Å². The molecule has 0 unspecified atom stereocenters. The normalized spacial score (nSPS) is 10.3. The number of hydrogen-bond acceptors (Lipinski definition) is 4. The SMILES string of the molecule is COc1ccc(CCN(C)c2nccc(C)n2)cc1. The average Bonchev–Trinajstić information content (AvgIpc) is 2.45. The molecule has 0 saturated carbocycles. The van der Waals surface area contributed by atoms with Gasteiger partial charge in [0.1, 0.15) is 5.75 Å². The Labute approximate surface area is 114 Å². The predicted molar refractivity (Wildman–Crippen MR) is 76.7 cm³/mol. The van der Waals surface area contributed by atoms with Gasteiger partial charge in [-0.15, -0.1) is 0 Å². The second-order valence-corrected chi connectivity index (χ2v) is 4.52. The minimum absolute atomic E-state index is 0.772. The smallest absolute Gasteiger partial charge is 0.225 e. The second kappa shape index (κ2) is 6.18. The lowest BCUT2D eigenvalue weighted by atomic mass is 10.1. The molecule has 0 N–H and O–H groups in total. The molecule has 0 spiro atoms. The predicted octanol–water partition coefficient (Wildman–Crippen LogP) is 2.47. The Morgan fingerprint density at radius 3 is 2.53 bits per heavy atom. The third-order valence-corrected chi connectivity index (χ3v) is 3.02.